The van der Waals surface area contributed by atoms with Gasteiger partial charge < -0.3 is 9.90 Å². The molecule has 0 fully saturated rings. The maximum absolute atomic E-state index is 10.4. The zero-order valence-corrected chi connectivity index (χ0v) is 8.03. The van der Waals surface area contributed by atoms with E-state index in [1.165, 1.54) is 0 Å². The molecule has 0 amide bonds. The van der Waals surface area contributed by atoms with E-state index >= 15 is 0 Å². The van der Waals surface area contributed by atoms with Crippen LogP contribution in [0.2, 0.25) is 5.02 Å². The summed E-state index contributed by atoms with van der Waals surface area (Å²) in [5.74, 6) is -0.431. The SMILES string of the molecule is C[C@@H](C=O)[C@@H](O)c1ccccc1Cl. The minimum atomic E-state index is -0.814. The molecule has 1 rings (SSSR count). The average Bonchev–Trinajstić information content (AvgIpc) is 2.16. The summed E-state index contributed by atoms with van der Waals surface area (Å²) in [6.45, 7) is 1.65. The quantitative estimate of drug-likeness (QED) is 0.757. The molecule has 0 aliphatic carbocycles. The van der Waals surface area contributed by atoms with Crippen LogP contribution in [0.25, 0.3) is 0 Å². The predicted octanol–water partition coefficient (Wildman–Crippen LogP) is 2.21. The molecule has 70 valence electrons. The predicted molar refractivity (Wildman–Crippen MR) is 51.6 cm³/mol. The van der Waals surface area contributed by atoms with E-state index in [2.05, 4.69) is 0 Å². The molecule has 0 bridgehead atoms. The topological polar surface area (TPSA) is 37.3 Å². The molecule has 13 heavy (non-hydrogen) atoms. The lowest BCUT2D eigenvalue weighted by Crippen LogP contribution is -2.10. The fourth-order valence-electron chi connectivity index (χ4n) is 1.07. The van der Waals surface area contributed by atoms with Crippen LogP contribution in [0.5, 0.6) is 0 Å². The van der Waals surface area contributed by atoms with E-state index in [0.717, 1.165) is 0 Å². The van der Waals surface area contributed by atoms with E-state index in [1.807, 2.05) is 0 Å². The molecular weight excluding hydrogens is 188 g/mol. The second-order valence-corrected chi connectivity index (χ2v) is 3.37. The lowest BCUT2D eigenvalue weighted by Gasteiger charge is -2.14. The van der Waals surface area contributed by atoms with Crippen LogP contribution in [0, 0.1) is 5.92 Å². The summed E-state index contributed by atoms with van der Waals surface area (Å²) in [4.78, 5) is 10.4. The highest BCUT2D eigenvalue weighted by Gasteiger charge is 2.17. The fourth-order valence-corrected chi connectivity index (χ4v) is 1.32. The first-order valence-electron chi connectivity index (χ1n) is 4.04. The van der Waals surface area contributed by atoms with E-state index in [-0.39, 0.29) is 0 Å². The van der Waals surface area contributed by atoms with Crippen LogP contribution in [-0.4, -0.2) is 11.4 Å². The number of benzene rings is 1. The van der Waals surface area contributed by atoms with Gasteiger partial charge in [-0.25, -0.2) is 0 Å². The average molecular weight is 199 g/mol. The number of aliphatic hydroxyl groups is 1. The van der Waals surface area contributed by atoms with Crippen LogP contribution < -0.4 is 0 Å². The van der Waals surface area contributed by atoms with Gasteiger partial charge in [0, 0.05) is 10.9 Å². The van der Waals surface area contributed by atoms with Crippen molar-refractivity contribution in [3.05, 3.63) is 34.9 Å². The minimum absolute atomic E-state index is 0.431. The minimum Gasteiger partial charge on any atom is -0.388 e. The Balaban J connectivity index is 2.94. The first kappa shape index (κ1) is 10.2. The van der Waals surface area contributed by atoms with Crippen molar-refractivity contribution >= 4 is 17.9 Å². The maximum atomic E-state index is 10.4. The van der Waals surface area contributed by atoms with E-state index < -0.39 is 12.0 Å². The Morgan fingerprint density at radius 1 is 1.46 bits per heavy atom. The Bertz CT molecular complexity index is 299. The van der Waals surface area contributed by atoms with Gasteiger partial charge in [0.25, 0.3) is 0 Å². The van der Waals surface area contributed by atoms with Crippen molar-refractivity contribution in [2.45, 2.75) is 13.0 Å². The van der Waals surface area contributed by atoms with E-state index in [9.17, 15) is 9.90 Å². The van der Waals surface area contributed by atoms with Gasteiger partial charge in [-0.05, 0) is 11.6 Å². The normalized spacial score (nSPS) is 15.0. The van der Waals surface area contributed by atoms with Crippen LogP contribution in [0.1, 0.15) is 18.6 Å². The Labute approximate surface area is 82.2 Å². The van der Waals surface area contributed by atoms with Gasteiger partial charge in [0.15, 0.2) is 0 Å². The van der Waals surface area contributed by atoms with Crippen molar-refractivity contribution in [2.24, 2.45) is 5.92 Å². The molecule has 0 radical (unpaired) electrons. The molecule has 0 saturated heterocycles. The molecule has 0 spiro atoms. The summed E-state index contributed by atoms with van der Waals surface area (Å²) >= 11 is 5.84. The number of carbonyl (C=O) groups is 1. The lowest BCUT2D eigenvalue weighted by atomic mass is 9.99. The van der Waals surface area contributed by atoms with Crippen LogP contribution >= 0.6 is 11.6 Å². The zero-order chi connectivity index (χ0) is 9.84. The first-order valence-corrected chi connectivity index (χ1v) is 4.42. The third-order valence-corrected chi connectivity index (χ3v) is 2.28. The van der Waals surface area contributed by atoms with Crippen molar-refractivity contribution < 1.29 is 9.90 Å². The molecule has 2 atom stereocenters. The van der Waals surface area contributed by atoms with Crippen molar-refractivity contribution in [3.63, 3.8) is 0 Å². The summed E-state index contributed by atoms with van der Waals surface area (Å²) < 4.78 is 0. The third-order valence-electron chi connectivity index (χ3n) is 1.94. The van der Waals surface area contributed by atoms with Crippen molar-refractivity contribution in [1.82, 2.24) is 0 Å². The Morgan fingerprint density at radius 3 is 2.62 bits per heavy atom. The lowest BCUT2D eigenvalue weighted by molar-refractivity contribution is -0.113. The van der Waals surface area contributed by atoms with Crippen molar-refractivity contribution in [2.75, 3.05) is 0 Å². The number of hydrogen-bond acceptors (Lipinski definition) is 2. The molecule has 1 N–H and O–H groups in total. The van der Waals surface area contributed by atoms with E-state index in [1.54, 1.807) is 31.2 Å². The van der Waals surface area contributed by atoms with Gasteiger partial charge in [0.2, 0.25) is 0 Å². The second kappa shape index (κ2) is 4.40. The summed E-state index contributed by atoms with van der Waals surface area (Å²) in [7, 11) is 0. The number of hydrogen-bond donors (Lipinski definition) is 1. The second-order valence-electron chi connectivity index (χ2n) is 2.96. The molecular formula is C10H11ClO2. The van der Waals surface area contributed by atoms with Gasteiger partial charge in [-0.15, -0.1) is 0 Å². The molecule has 0 aliphatic rings. The molecule has 0 unspecified atom stereocenters. The Morgan fingerprint density at radius 2 is 2.08 bits per heavy atom. The summed E-state index contributed by atoms with van der Waals surface area (Å²) in [6.07, 6.45) is -0.0974. The molecule has 1 aromatic carbocycles. The molecule has 0 heterocycles. The molecule has 3 heteroatoms. The van der Waals surface area contributed by atoms with Gasteiger partial charge in [-0.1, -0.05) is 36.7 Å². The van der Waals surface area contributed by atoms with Crippen LogP contribution in [0.3, 0.4) is 0 Å². The van der Waals surface area contributed by atoms with Gasteiger partial charge in [-0.3, -0.25) is 0 Å². The highest BCUT2D eigenvalue weighted by Crippen LogP contribution is 2.26. The van der Waals surface area contributed by atoms with Gasteiger partial charge >= 0.3 is 0 Å². The molecule has 0 saturated carbocycles. The molecule has 0 aliphatic heterocycles. The van der Waals surface area contributed by atoms with Crippen molar-refractivity contribution in [3.8, 4) is 0 Å². The molecule has 1 aromatic rings. The van der Waals surface area contributed by atoms with Crippen LogP contribution in [0.15, 0.2) is 24.3 Å². The number of aliphatic hydroxyl groups excluding tert-OH is 1. The maximum Gasteiger partial charge on any atom is 0.125 e. The summed E-state index contributed by atoms with van der Waals surface area (Å²) in [6, 6.07) is 6.97. The molecule has 0 aromatic heterocycles. The number of carbonyl (C=O) groups excluding carboxylic acids is 1. The third kappa shape index (κ3) is 2.29. The number of aldehydes is 1. The highest BCUT2D eigenvalue weighted by atomic mass is 35.5. The van der Waals surface area contributed by atoms with Crippen LogP contribution in [0.4, 0.5) is 0 Å². The van der Waals surface area contributed by atoms with E-state index in [4.69, 9.17) is 11.6 Å². The smallest absolute Gasteiger partial charge is 0.125 e. The number of rotatable bonds is 3. The van der Waals surface area contributed by atoms with Crippen molar-refractivity contribution in [1.29, 1.82) is 0 Å². The standard InChI is InChI=1S/C10H11ClO2/c1-7(6-12)10(13)8-4-2-3-5-9(8)11/h2-7,10,13H,1H3/t7-,10+/m0/s1. The monoisotopic (exact) mass is 198 g/mol. The van der Waals surface area contributed by atoms with Gasteiger partial charge in [0.05, 0.1) is 6.10 Å². The number of halogens is 1. The Hall–Kier alpha value is -0.860. The first-order chi connectivity index (χ1) is 6.16. The fraction of sp³-hybridized carbons (Fsp3) is 0.300. The Kier molecular flexibility index (Phi) is 3.46. The van der Waals surface area contributed by atoms with Gasteiger partial charge in [0.1, 0.15) is 6.29 Å². The zero-order valence-electron chi connectivity index (χ0n) is 7.27. The summed E-state index contributed by atoms with van der Waals surface area (Å²) in [5, 5.41) is 10.1. The van der Waals surface area contributed by atoms with Gasteiger partial charge in [-0.2, -0.15) is 0 Å². The molecule has 2 nitrogen and oxygen atoms in total. The van der Waals surface area contributed by atoms with E-state index in [0.29, 0.717) is 16.9 Å². The highest BCUT2D eigenvalue weighted by molar-refractivity contribution is 6.31. The summed E-state index contributed by atoms with van der Waals surface area (Å²) in [5.41, 5.74) is 0.601. The largest absolute Gasteiger partial charge is 0.388 e. The van der Waals surface area contributed by atoms with Crippen LogP contribution in [-0.2, 0) is 4.79 Å².